The largest absolute Gasteiger partial charge is 0.456 e. The number of rotatable bonds is 3. The molecule has 0 saturated carbocycles. The first kappa shape index (κ1) is 27.1. The molecule has 9 atom stereocenters. The van der Waals surface area contributed by atoms with Gasteiger partial charge in [0.1, 0.15) is 18.3 Å². The second-order valence-corrected chi connectivity index (χ2v) is 10.9. The lowest BCUT2D eigenvalue weighted by Crippen LogP contribution is -2.32. The maximum Gasteiger partial charge on any atom is 0.330 e. The third-order valence-corrected chi connectivity index (χ3v) is 7.50. The van der Waals surface area contributed by atoms with E-state index in [1.807, 2.05) is 12.2 Å². The minimum atomic E-state index is -0.952. The van der Waals surface area contributed by atoms with Crippen LogP contribution < -0.4 is 0 Å². The molecule has 4 rings (SSSR count). The van der Waals surface area contributed by atoms with Crippen LogP contribution in [-0.4, -0.2) is 58.9 Å². The molecule has 6 nitrogen and oxygen atoms in total. The van der Waals surface area contributed by atoms with Crippen LogP contribution in [0.15, 0.2) is 60.8 Å². The zero-order valence-corrected chi connectivity index (χ0v) is 21.4. The minimum Gasteiger partial charge on any atom is -0.456 e. The van der Waals surface area contributed by atoms with Crippen LogP contribution in [0.25, 0.3) is 0 Å². The van der Waals surface area contributed by atoms with Gasteiger partial charge in [0.15, 0.2) is 0 Å². The normalized spacial score (nSPS) is 40.1. The van der Waals surface area contributed by atoms with Crippen LogP contribution in [0.2, 0.25) is 0 Å². The van der Waals surface area contributed by atoms with E-state index in [4.69, 9.17) is 14.2 Å². The van der Waals surface area contributed by atoms with Crippen LogP contribution in [0.1, 0.15) is 64.7 Å². The summed E-state index contributed by atoms with van der Waals surface area (Å²) in [6.45, 7) is 6.39. The van der Waals surface area contributed by atoms with Gasteiger partial charge in [0.2, 0.25) is 0 Å². The summed E-state index contributed by atoms with van der Waals surface area (Å²) in [6.07, 6.45) is 19.8. The van der Waals surface area contributed by atoms with Crippen LogP contribution in [0.3, 0.4) is 0 Å². The highest BCUT2D eigenvalue weighted by molar-refractivity contribution is 5.82. The van der Waals surface area contributed by atoms with E-state index >= 15 is 0 Å². The molecule has 1 fully saturated rings. The molecule has 0 amide bonds. The molecule has 0 aromatic heterocycles. The zero-order valence-electron chi connectivity index (χ0n) is 21.4. The van der Waals surface area contributed by atoms with E-state index in [0.717, 1.165) is 44.1 Å². The average molecular weight is 499 g/mol. The van der Waals surface area contributed by atoms with E-state index in [2.05, 4.69) is 31.7 Å². The summed E-state index contributed by atoms with van der Waals surface area (Å²) in [5.41, 5.74) is 1.00. The van der Waals surface area contributed by atoms with E-state index in [1.54, 1.807) is 12.2 Å². The maximum atomic E-state index is 12.6. The Balaban J connectivity index is 1.45. The monoisotopic (exact) mass is 498 g/mol. The lowest BCUT2D eigenvalue weighted by molar-refractivity contribution is -0.148. The number of ether oxygens (including phenoxy) is 3. The number of fused-ring (bicyclic) bond motifs is 3. The van der Waals surface area contributed by atoms with Crippen molar-refractivity contribution in [1.29, 1.82) is 0 Å². The van der Waals surface area contributed by atoms with Crippen LogP contribution in [0.4, 0.5) is 0 Å². The number of allylic oxidation sites excluding steroid dienone is 3. The Kier molecular flexibility index (Phi) is 9.77. The summed E-state index contributed by atoms with van der Waals surface area (Å²) in [4.78, 5) is 12.6. The highest BCUT2D eigenvalue weighted by Crippen LogP contribution is 2.35. The predicted molar refractivity (Wildman–Crippen MR) is 139 cm³/mol. The van der Waals surface area contributed by atoms with E-state index in [0.29, 0.717) is 25.2 Å². The summed E-state index contributed by atoms with van der Waals surface area (Å²) in [7, 11) is 0. The van der Waals surface area contributed by atoms with E-state index in [1.165, 1.54) is 6.08 Å². The van der Waals surface area contributed by atoms with Crippen molar-refractivity contribution in [1.82, 2.24) is 0 Å². The van der Waals surface area contributed by atoms with Gasteiger partial charge in [-0.2, -0.15) is 0 Å². The van der Waals surface area contributed by atoms with Gasteiger partial charge in [-0.05, 0) is 63.2 Å². The molecule has 3 heterocycles. The van der Waals surface area contributed by atoms with Gasteiger partial charge >= 0.3 is 5.97 Å². The van der Waals surface area contributed by atoms with Crippen molar-refractivity contribution in [3.63, 3.8) is 0 Å². The van der Waals surface area contributed by atoms with Crippen molar-refractivity contribution in [2.45, 2.75) is 107 Å². The Labute approximate surface area is 215 Å². The van der Waals surface area contributed by atoms with Crippen molar-refractivity contribution in [3.8, 4) is 0 Å². The molecule has 3 aliphatic heterocycles. The number of cyclic esters (lactones) is 1. The Bertz CT molecular complexity index is 873. The van der Waals surface area contributed by atoms with E-state index in [-0.39, 0.29) is 30.3 Å². The number of carbonyl (C=O) groups is 1. The lowest BCUT2D eigenvalue weighted by Gasteiger charge is -2.28. The quantitative estimate of drug-likeness (QED) is 0.332. The molecular weight excluding hydrogens is 456 g/mol. The van der Waals surface area contributed by atoms with Crippen molar-refractivity contribution < 1.29 is 29.2 Å². The molecule has 1 unspecified atom stereocenters. The average Bonchev–Trinajstić information content (AvgIpc) is 3.62. The standard InChI is InChI=1S/C30H42O6/c1-20-16-21(2)18-26(32)30-28(36-30)19-27(25(31)15-14-22-8-4-3-5-9-22)35-29(33)13-7-11-23-10-6-12-24(17-20)34-23/h4,6-8,10,13-15,20,22-28,30-32H,2-3,5,9,11-12,16-19H2,1H3/b13-7-,15-14+/t20-,22?,23-,24-,25-,26-,27-,28-,30-/m0/s1. The molecule has 1 saturated heterocycles. The van der Waals surface area contributed by atoms with E-state index < -0.39 is 24.3 Å². The van der Waals surface area contributed by atoms with Gasteiger partial charge in [0.25, 0.3) is 0 Å². The van der Waals surface area contributed by atoms with Crippen molar-refractivity contribution in [2.75, 3.05) is 0 Å². The number of epoxide rings is 1. The highest BCUT2D eigenvalue weighted by atomic mass is 16.6. The Hall–Kier alpha value is -1.99. The summed E-state index contributed by atoms with van der Waals surface area (Å²) in [5.74, 6) is 0.186. The molecule has 0 aromatic rings. The molecule has 0 spiro atoms. The first-order valence-electron chi connectivity index (χ1n) is 13.6. The number of hydrogen-bond donors (Lipinski definition) is 2. The van der Waals surface area contributed by atoms with Gasteiger partial charge in [-0.15, -0.1) is 0 Å². The smallest absolute Gasteiger partial charge is 0.330 e. The van der Waals surface area contributed by atoms with Gasteiger partial charge in [-0.3, -0.25) is 0 Å². The van der Waals surface area contributed by atoms with Crippen LogP contribution in [0, 0.1) is 11.8 Å². The first-order chi connectivity index (χ1) is 17.4. The fourth-order valence-corrected chi connectivity index (χ4v) is 5.57. The van der Waals surface area contributed by atoms with Gasteiger partial charge in [-0.25, -0.2) is 4.79 Å². The zero-order chi connectivity index (χ0) is 25.5. The van der Waals surface area contributed by atoms with Gasteiger partial charge in [0, 0.05) is 12.5 Å². The van der Waals surface area contributed by atoms with Gasteiger partial charge in [-0.1, -0.05) is 61.6 Å². The molecular formula is C30H42O6. The van der Waals surface area contributed by atoms with Crippen molar-refractivity contribution >= 4 is 5.97 Å². The lowest BCUT2D eigenvalue weighted by atomic mass is 9.90. The van der Waals surface area contributed by atoms with Crippen molar-refractivity contribution in [3.05, 3.63) is 60.8 Å². The van der Waals surface area contributed by atoms with Crippen LogP contribution in [-0.2, 0) is 19.0 Å². The number of hydrogen-bond acceptors (Lipinski definition) is 6. The number of aliphatic hydroxyl groups excluding tert-OH is 2. The molecule has 36 heavy (non-hydrogen) atoms. The molecule has 2 bridgehead atoms. The summed E-state index contributed by atoms with van der Waals surface area (Å²) < 4.78 is 17.7. The van der Waals surface area contributed by atoms with Crippen LogP contribution >= 0.6 is 0 Å². The molecule has 0 aromatic carbocycles. The molecule has 1 aliphatic carbocycles. The summed E-state index contributed by atoms with van der Waals surface area (Å²) in [5, 5.41) is 21.6. The number of carbonyl (C=O) groups excluding carboxylic acids is 1. The SMILES string of the molecule is C=C1C[C@H](C)C[C@@H]2CC=C[C@@H](C/C=C\C(=O)O[C@H]([C@@H](O)/C=C/C3C=CCCC3)C[C@@H]3O[C@H]3[C@@H](O)C1)O2. The Morgan fingerprint density at radius 2 is 1.97 bits per heavy atom. The fraction of sp³-hybridized carbons (Fsp3) is 0.633. The molecule has 0 radical (unpaired) electrons. The third kappa shape index (κ3) is 8.27. The fourth-order valence-electron chi connectivity index (χ4n) is 5.57. The number of esters is 1. The van der Waals surface area contributed by atoms with Crippen molar-refractivity contribution in [2.24, 2.45) is 11.8 Å². The molecule has 6 heteroatoms. The highest BCUT2D eigenvalue weighted by Gasteiger charge is 2.46. The molecule has 198 valence electrons. The Morgan fingerprint density at radius 1 is 1.11 bits per heavy atom. The topological polar surface area (TPSA) is 88.5 Å². The van der Waals surface area contributed by atoms with Crippen LogP contribution in [0.5, 0.6) is 0 Å². The first-order valence-corrected chi connectivity index (χ1v) is 13.6. The summed E-state index contributed by atoms with van der Waals surface area (Å²) in [6, 6.07) is 0. The molecule has 4 aliphatic rings. The van der Waals surface area contributed by atoms with Gasteiger partial charge < -0.3 is 24.4 Å². The maximum absolute atomic E-state index is 12.6. The minimum absolute atomic E-state index is 0.0719. The second kappa shape index (κ2) is 13.0. The summed E-state index contributed by atoms with van der Waals surface area (Å²) >= 11 is 0. The number of aliphatic hydroxyl groups is 2. The Morgan fingerprint density at radius 3 is 2.78 bits per heavy atom. The second-order valence-electron chi connectivity index (χ2n) is 10.9. The molecule has 2 N–H and O–H groups in total. The van der Waals surface area contributed by atoms with Gasteiger partial charge in [0.05, 0.1) is 24.4 Å². The third-order valence-electron chi connectivity index (χ3n) is 7.50. The van der Waals surface area contributed by atoms with E-state index in [9.17, 15) is 15.0 Å². The predicted octanol–water partition coefficient (Wildman–Crippen LogP) is 4.73.